The fourth-order valence-corrected chi connectivity index (χ4v) is 2.32. The third-order valence-corrected chi connectivity index (χ3v) is 3.48. The molecule has 1 saturated carbocycles. The molecule has 0 amide bonds. The summed E-state index contributed by atoms with van der Waals surface area (Å²) in [5.41, 5.74) is 0. The van der Waals surface area contributed by atoms with Gasteiger partial charge in [0.2, 0.25) is 0 Å². The average molecular weight is 264 g/mol. The minimum Gasteiger partial charge on any atom is -0.481 e. The summed E-state index contributed by atoms with van der Waals surface area (Å²) in [6.07, 6.45) is 10.2. The lowest BCUT2D eigenvalue weighted by Crippen LogP contribution is -1.94. The maximum atomic E-state index is 10.4. The van der Waals surface area contributed by atoms with Gasteiger partial charge in [-0.3, -0.25) is 4.79 Å². The van der Waals surface area contributed by atoms with Gasteiger partial charge in [0.05, 0.1) is 0 Å². The molecule has 0 radical (unpaired) electrons. The molecule has 2 N–H and O–H groups in total. The molecule has 0 spiro atoms. The lowest BCUT2D eigenvalue weighted by atomic mass is 10.1. The van der Waals surface area contributed by atoms with E-state index in [2.05, 4.69) is 17.9 Å². The number of carbonyl (C=O) groups is 1. The van der Waals surface area contributed by atoms with Crippen molar-refractivity contribution in [3.8, 4) is 11.8 Å². The molecule has 0 aromatic rings. The first kappa shape index (κ1) is 15.8. The zero-order valence-corrected chi connectivity index (χ0v) is 11.6. The molecular formula is C16H24O3. The first-order valence-corrected chi connectivity index (χ1v) is 7.15. The predicted molar refractivity (Wildman–Crippen MR) is 75.5 cm³/mol. The Morgan fingerprint density at radius 2 is 2.11 bits per heavy atom. The van der Waals surface area contributed by atoms with Crippen LogP contribution in [0.3, 0.4) is 0 Å². The maximum absolute atomic E-state index is 10.4. The topological polar surface area (TPSA) is 57.5 Å². The summed E-state index contributed by atoms with van der Waals surface area (Å²) in [7, 11) is 0. The number of aliphatic carboxylic acids is 1. The molecule has 3 atom stereocenters. The van der Waals surface area contributed by atoms with Crippen LogP contribution in [-0.2, 0) is 4.79 Å². The molecular weight excluding hydrogens is 240 g/mol. The first-order valence-electron chi connectivity index (χ1n) is 7.15. The van der Waals surface area contributed by atoms with E-state index in [1.165, 1.54) is 19.3 Å². The molecule has 1 rings (SSSR count). The van der Waals surface area contributed by atoms with Gasteiger partial charge in [0.1, 0.15) is 6.10 Å². The van der Waals surface area contributed by atoms with Crippen LogP contribution in [0, 0.1) is 23.7 Å². The highest BCUT2D eigenvalue weighted by atomic mass is 16.4. The molecule has 106 valence electrons. The number of unbranched alkanes of at least 4 members (excludes halogenated alkanes) is 1. The van der Waals surface area contributed by atoms with Crippen LogP contribution in [0.4, 0.5) is 0 Å². The minimum atomic E-state index is -0.684. The Morgan fingerprint density at radius 1 is 1.37 bits per heavy atom. The highest BCUT2D eigenvalue weighted by Gasteiger charge is 2.34. The average Bonchev–Trinajstić information content (AvgIpc) is 3.07. The molecule has 1 aliphatic rings. The Labute approximate surface area is 115 Å². The van der Waals surface area contributed by atoms with Crippen molar-refractivity contribution in [2.75, 3.05) is 0 Å². The van der Waals surface area contributed by atoms with Crippen LogP contribution >= 0.6 is 0 Å². The molecule has 0 aliphatic heterocycles. The fourth-order valence-electron chi connectivity index (χ4n) is 2.32. The van der Waals surface area contributed by atoms with Gasteiger partial charge in [-0.15, -0.1) is 0 Å². The van der Waals surface area contributed by atoms with Crippen molar-refractivity contribution in [3.05, 3.63) is 12.2 Å². The highest BCUT2D eigenvalue weighted by molar-refractivity contribution is 5.66. The SMILES string of the molecule is CC(O)C#C/C=C\CC[C@@H]1C[C@H]1CCCCC(=O)O. The summed E-state index contributed by atoms with van der Waals surface area (Å²) in [4.78, 5) is 10.4. The quantitative estimate of drug-likeness (QED) is 0.523. The summed E-state index contributed by atoms with van der Waals surface area (Å²) in [6, 6.07) is 0. The zero-order chi connectivity index (χ0) is 14.1. The second-order valence-corrected chi connectivity index (χ2v) is 5.34. The van der Waals surface area contributed by atoms with Crippen LogP contribution in [0.1, 0.15) is 51.9 Å². The van der Waals surface area contributed by atoms with Crippen molar-refractivity contribution in [1.29, 1.82) is 0 Å². The monoisotopic (exact) mass is 264 g/mol. The van der Waals surface area contributed by atoms with Crippen LogP contribution < -0.4 is 0 Å². The third-order valence-electron chi connectivity index (χ3n) is 3.48. The fraction of sp³-hybridized carbons (Fsp3) is 0.688. The van der Waals surface area contributed by atoms with Crippen LogP contribution in [0.15, 0.2) is 12.2 Å². The number of carboxylic acid groups (broad SMARTS) is 1. The number of allylic oxidation sites excluding steroid dienone is 2. The maximum Gasteiger partial charge on any atom is 0.303 e. The highest BCUT2D eigenvalue weighted by Crippen LogP contribution is 2.45. The molecule has 0 aromatic carbocycles. The van der Waals surface area contributed by atoms with Crippen molar-refractivity contribution in [2.24, 2.45) is 11.8 Å². The number of hydrogen-bond donors (Lipinski definition) is 2. The first-order chi connectivity index (χ1) is 9.09. The minimum absolute atomic E-state index is 0.308. The molecule has 1 aliphatic carbocycles. The number of hydrogen-bond acceptors (Lipinski definition) is 2. The second-order valence-electron chi connectivity index (χ2n) is 5.34. The number of carboxylic acids is 1. The lowest BCUT2D eigenvalue weighted by Gasteiger charge is -1.98. The summed E-state index contributed by atoms with van der Waals surface area (Å²) in [5, 5.41) is 17.5. The Morgan fingerprint density at radius 3 is 2.79 bits per heavy atom. The zero-order valence-electron chi connectivity index (χ0n) is 11.6. The van der Waals surface area contributed by atoms with Crippen LogP contribution in [0.25, 0.3) is 0 Å². The van der Waals surface area contributed by atoms with Gasteiger partial charge in [-0.05, 0) is 50.5 Å². The Hall–Kier alpha value is -1.27. The summed E-state index contributed by atoms with van der Waals surface area (Å²) >= 11 is 0. The van der Waals surface area contributed by atoms with Gasteiger partial charge in [-0.1, -0.05) is 30.8 Å². The number of aliphatic hydroxyl groups is 1. The molecule has 3 nitrogen and oxygen atoms in total. The Balaban J connectivity index is 1.96. The molecule has 3 heteroatoms. The molecule has 1 fully saturated rings. The van der Waals surface area contributed by atoms with E-state index in [9.17, 15) is 4.79 Å². The van der Waals surface area contributed by atoms with E-state index in [-0.39, 0.29) is 0 Å². The normalized spacial score (nSPS) is 22.8. The van der Waals surface area contributed by atoms with E-state index >= 15 is 0 Å². The molecule has 19 heavy (non-hydrogen) atoms. The Kier molecular flexibility index (Phi) is 7.28. The largest absolute Gasteiger partial charge is 0.481 e. The predicted octanol–water partition coefficient (Wildman–Crippen LogP) is 2.99. The number of aliphatic hydroxyl groups excluding tert-OH is 1. The molecule has 1 unspecified atom stereocenters. The van der Waals surface area contributed by atoms with Crippen LogP contribution in [0.5, 0.6) is 0 Å². The number of rotatable bonds is 8. The van der Waals surface area contributed by atoms with E-state index in [0.717, 1.165) is 31.1 Å². The Bertz CT molecular complexity index is 360. The van der Waals surface area contributed by atoms with E-state index in [1.54, 1.807) is 6.92 Å². The van der Waals surface area contributed by atoms with Crippen molar-refractivity contribution < 1.29 is 15.0 Å². The van der Waals surface area contributed by atoms with Gasteiger partial charge in [0, 0.05) is 6.42 Å². The van der Waals surface area contributed by atoms with Crippen LogP contribution in [-0.4, -0.2) is 22.3 Å². The van der Waals surface area contributed by atoms with Gasteiger partial charge < -0.3 is 10.2 Å². The van der Waals surface area contributed by atoms with Crippen molar-refractivity contribution in [3.63, 3.8) is 0 Å². The van der Waals surface area contributed by atoms with Crippen molar-refractivity contribution >= 4 is 5.97 Å². The van der Waals surface area contributed by atoms with Crippen LogP contribution in [0.2, 0.25) is 0 Å². The molecule has 0 saturated heterocycles. The van der Waals surface area contributed by atoms with Crippen molar-refractivity contribution in [2.45, 2.75) is 58.0 Å². The lowest BCUT2D eigenvalue weighted by molar-refractivity contribution is -0.137. The van der Waals surface area contributed by atoms with Gasteiger partial charge in [-0.25, -0.2) is 0 Å². The molecule has 0 bridgehead atoms. The molecule has 0 heterocycles. The van der Waals surface area contributed by atoms with Crippen molar-refractivity contribution in [1.82, 2.24) is 0 Å². The van der Waals surface area contributed by atoms with E-state index in [4.69, 9.17) is 10.2 Å². The van der Waals surface area contributed by atoms with Gasteiger partial charge in [0.15, 0.2) is 0 Å². The van der Waals surface area contributed by atoms with Gasteiger partial charge >= 0.3 is 5.97 Å². The second kappa shape index (κ2) is 8.77. The van der Waals surface area contributed by atoms with Gasteiger partial charge in [-0.2, -0.15) is 0 Å². The standard InChI is InChI=1S/C16H24O3/c1-13(17)8-4-2-3-5-9-14-12-15(14)10-6-7-11-16(18)19/h2-3,13-15,17H,5-7,9-12H2,1H3,(H,18,19)/b3-2-/t13?,14-,15-/m1/s1. The summed E-state index contributed by atoms with van der Waals surface area (Å²) < 4.78 is 0. The summed E-state index contributed by atoms with van der Waals surface area (Å²) in [6.45, 7) is 1.65. The molecule has 0 aromatic heterocycles. The van der Waals surface area contributed by atoms with E-state index < -0.39 is 12.1 Å². The van der Waals surface area contributed by atoms with E-state index in [0.29, 0.717) is 6.42 Å². The third kappa shape index (κ3) is 8.45. The smallest absolute Gasteiger partial charge is 0.303 e. The van der Waals surface area contributed by atoms with Gasteiger partial charge in [0.25, 0.3) is 0 Å². The van der Waals surface area contributed by atoms with E-state index in [1.807, 2.05) is 6.08 Å². The summed E-state index contributed by atoms with van der Waals surface area (Å²) in [5.74, 6) is 6.45.